The first-order valence-corrected chi connectivity index (χ1v) is 9.82. The number of ether oxygens (including phenoxy) is 2. The molecule has 0 radical (unpaired) electrons. The number of hydrogen-bond donors (Lipinski definition) is 2. The van der Waals surface area contributed by atoms with E-state index in [-0.39, 0.29) is 12.2 Å². The predicted molar refractivity (Wildman–Crippen MR) is 103 cm³/mol. The van der Waals surface area contributed by atoms with Gasteiger partial charge in [0.05, 0.1) is 23.8 Å². The van der Waals surface area contributed by atoms with Gasteiger partial charge in [-0.05, 0) is 43.7 Å². The zero-order chi connectivity index (χ0) is 19.8. The van der Waals surface area contributed by atoms with Gasteiger partial charge in [0.25, 0.3) is 0 Å². The van der Waals surface area contributed by atoms with Crippen molar-refractivity contribution in [2.75, 3.05) is 52.4 Å². The summed E-state index contributed by atoms with van der Waals surface area (Å²) in [7, 11) is 0. The monoisotopic (exact) mass is 388 g/mol. The van der Waals surface area contributed by atoms with E-state index in [0.29, 0.717) is 18.7 Å². The van der Waals surface area contributed by atoms with Gasteiger partial charge in [-0.25, -0.2) is 4.79 Å². The minimum Gasteiger partial charge on any atom is -0.492 e. The summed E-state index contributed by atoms with van der Waals surface area (Å²) in [5, 5.41) is 19.8. The molecule has 8 heteroatoms. The van der Waals surface area contributed by atoms with Gasteiger partial charge in [0, 0.05) is 39.3 Å². The van der Waals surface area contributed by atoms with Gasteiger partial charge in [-0.15, -0.1) is 0 Å². The first kappa shape index (κ1) is 20.4. The number of nitriles is 1. The first-order valence-electron chi connectivity index (χ1n) is 9.82. The second-order valence-electron chi connectivity index (χ2n) is 7.32. The molecule has 152 valence electrons. The Morgan fingerprint density at radius 2 is 1.79 bits per heavy atom. The summed E-state index contributed by atoms with van der Waals surface area (Å²) >= 11 is 0. The minimum absolute atomic E-state index is 0.222. The minimum atomic E-state index is -0.954. The van der Waals surface area contributed by atoms with Crippen LogP contribution < -0.4 is 10.1 Å². The third kappa shape index (κ3) is 6.37. The van der Waals surface area contributed by atoms with Crippen molar-refractivity contribution in [3.8, 4) is 11.8 Å². The quantitative estimate of drug-likeness (QED) is 0.617. The molecule has 0 aliphatic carbocycles. The lowest BCUT2D eigenvalue weighted by molar-refractivity contribution is -0.139. The number of amides is 1. The van der Waals surface area contributed by atoms with Gasteiger partial charge in [-0.3, -0.25) is 9.80 Å². The van der Waals surface area contributed by atoms with Crippen LogP contribution in [0.5, 0.6) is 5.75 Å². The molecule has 0 aromatic heterocycles. The molecule has 1 amide bonds. The van der Waals surface area contributed by atoms with Crippen LogP contribution in [0, 0.1) is 11.3 Å². The number of rotatable bonds is 9. The number of carboxylic acid groups (broad SMARTS) is 1. The van der Waals surface area contributed by atoms with Crippen molar-refractivity contribution in [3.05, 3.63) is 29.8 Å². The molecule has 0 saturated carbocycles. The Balaban J connectivity index is 1.33. The lowest BCUT2D eigenvalue weighted by atomic mass is 10.1. The number of carbonyl (C=O) groups is 1. The molecule has 2 fully saturated rings. The Bertz CT molecular complexity index is 662. The molecule has 1 aromatic carbocycles. The molecule has 1 aromatic rings. The van der Waals surface area contributed by atoms with E-state index >= 15 is 0 Å². The molecular weight excluding hydrogens is 360 g/mol. The zero-order valence-corrected chi connectivity index (χ0v) is 16.0. The predicted octanol–water partition coefficient (Wildman–Crippen LogP) is 1.37. The molecule has 0 spiro atoms. The van der Waals surface area contributed by atoms with E-state index in [2.05, 4.69) is 21.2 Å². The molecule has 2 N–H and O–H groups in total. The maximum absolute atomic E-state index is 10.4. The van der Waals surface area contributed by atoms with Crippen molar-refractivity contribution in [3.63, 3.8) is 0 Å². The third-order valence-corrected chi connectivity index (χ3v) is 5.07. The summed E-state index contributed by atoms with van der Waals surface area (Å²) in [6.07, 6.45) is 1.34. The molecule has 2 aliphatic rings. The summed E-state index contributed by atoms with van der Waals surface area (Å²) in [5.41, 5.74) is 0.635. The molecule has 3 rings (SSSR count). The zero-order valence-electron chi connectivity index (χ0n) is 16.0. The highest BCUT2D eigenvalue weighted by Gasteiger charge is 2.34. The molecule has 2 heterocycles. The van der Waals surface area contributed by atoms with Crippen molar-refractivity contribution in [1.82, 2.24) is 15.1 Å². The molecule has 2 bridgehead atoms. The smallest absolute Gasteiger partial charge is 0.404 e. The van der Waals surface area contributed by atoms with E-state index in [1.54, 1.807) is 12.1 Å². The van der Waals surface area contributed by atoms with E-state index in [1.165, 1.54) is 0 Å². The molecular formula is C20H28N4O4. The molecule has 2 unspecified atom stereocenters. The van der Waals surface area contributed by atoms with Crippen molar-refractivity contribution in [2.24, 2.45) is 0 Å². The number of hydrogen-bond acceptors (Lipinski definition) is 6. The molecule has 2 aliphatic heterocycles. The average Bonchev–Trinajstić information content (AvgIpc) is 2.67. The second-order valence-corrected chi connectivity index (χ2v) is 7.32. The van der Waals surface area contributed by atoms with Crippen LogP contribution in [0.2, 0.25) is 0 Å². The fourth-order valence-corrected chi connectivity index (χ4v) is 3.80. The van der Waals surface area contributed by atoms with Gasteiger partial charge >= 0.3 is 6.09 Å². The second kappa shape index (κ2) is 10.3. The molecule has 2 atom stereocenters. The van der Waals surface area contributed by atoms with Crippen LogP contribution in [0.3, 0.4) is 0 Å². The standard InChI is InChI=1S/C20H28N4O4/c21-11-16-3-5-17(6-4-16)27-10-9-24-14-18-12-23(13-19(15-24)28-18)8-2-1-7-22-20(25)26/h3-6,18-19,22H,1-2,7-10,12-15H2,(H,25,26). The van der Waals surface area contributed by atoms with Gasteiger partial charge in [0.2, 0.25) is 0 Å². The van der Waals surface area contributed by atoms with Crippen LogP contribution in [-0.4, -0.2) is 85.6 Å². The van der Waals surface area contributed by atoms with E-state index in [4.69, 9.17) is 19.8 Å². The van der Waals surface area contributed by atoms with Crippen LogP contribution in [-0.2, 0) is 4.74 Å². The normalized spacial score (nSPS) is 22.4. The number of nitrogens with zero attached hydrogens (tertiary/aromatic N) is 3. The van der Waals surface area contributed by atoms with E-state index < -0.39 is 6.09 Å². The van der Waals surface area contributed by atoms with Crippen LogP contribution in [0.15, 0.2) is 24.3 Å². The summed E-state index contributed by atoms with van der Waals surface area (Å²) in [5.74, 6) is 0.788. The van der Waals surface area contributed by atoms with Gasteiger partial charge < -0.3 is 19.9 Å². The average molecular weight is 388 g/mol. The maximum Gasteiger partial charge on any atom is 0.404 e. The fourth-order valence-electron chi connectivity index (χ4n) is 3.80. The summed E-state index contributed by atoms with van der Waals surface area (Å²) < 4.78 is 11.9. The number of fused-ring (bicyclic) bond motifs is 2. The van der Waals surface area contributed by atoms with Crippen molar-refractivity contribution in [1.29, 1.82) is 5.26 Å². The SMILES string of the molecule is N#Cc1ccc(OCCN2CC3CN(CCCCNC(=O)O)CC(C2)O3)cc1. The Kier molecular flexibility index (Phi) is 7.48. The lowest BCUT2D eigenvalue weighted by Crippen LogP contribution is -2.59. The molecule has 8 nitrogen and oxygen atoms in total. The van der Waals surface area contributed by atoms with Gasteiger partial charge in [-0.1, -0.05) is 0 Å². The van der Waals surface area contributed by atoms with Crippen molar-refractivity contribution in [2.45, 2.75) is 25.0 Å². The number of benzene rings is 1. The maximum atomic E-state index is 10.4. The largest absolute Gasteiger partial charge is 0.492 e. The van der Waals surface area contributed by atoms with Gasteiger partial charge in [0.15, 0.2) is 0 Å². The van der Waals surface area contributed by atoms with E-state index in [9.17, 15) is 4.79 Å². The number of unbranched alkanes of at least 4 members (excludes halogenated alkanes) is 1. The van der Waals surface area contributed by atoms with E-state index in [1.807, 2.05) is 12.1 Å². The first-order chi connectivity index (χ1) is 13.6. The van der Waals surface area contributed by atoms with Gasteiger partial charge in [-0.2, -0.15) is 5.26 Å². The Labute approximate surface area is 165 Å². The summed E-state index contributed by atoms with van der Waals surface area (Å²) in [6, 6.07) is 9.29. The number of nitrogens with one attached hydrogen (secondary N) is 1. The molecule has 2 saturated heterocycles. The number of morpholine rings is 2. The van der Waals surface area contributed by atoms with Crippen molar-refractivity contribution >= 4 is 6.09 Å². The van der Waals surface area contributed by atoms with E-state index in [0.717, 1.165) is 57.9 Å². The van der Waals surface area contributed by atoms with Crippen LogP contribution in [0.4, 0.5) is 4.79 Å². The Hall–Kier alpha value is -2.34. The third-order valence-electron chi connectivity index (χ3n) is 5.07. The lowest BCUT2D eigenvalue weighted by Gasteiger charge is -2.45. The highest BCUT2D eigenvalue weighted by Crippen LogP contribution is 2.19. The fraction of sp³-hybridized carbons (Fsp3) is 0.600. The summed E-state index contributed by atoms with van der Waals surface area (Å²) in [6.45, 7) is 6.64. The van der Waals surface area contributed by atoms with Crippen molar-refractivity contribution < 1.29 is 19.4 Å². The Morgan fingerprint density at radius 3 is 2.39 bits per heavy atom. The highest BCUT2D eigenvalue weighted by molar-refractivity contribution is 5.64. The van der Waals surface area contributed by atoms with Crippen LogP contribution in [0.1, 0.15) is 18.4 Å². The summed E-state index contributed by atoms with van der Waals surface area (Å²) in [4.78, 5) is 15.3. The van der Waals surface area contributed by atoms with Gasteiger partial charge in [0.1, 0.15) is 12.4 Å². The molecule has 28 heavy (non-hydrogen) atoms. The van der Waals surface area contributed by atoms with Crippen LogP contribution in [0.25, 0.3) is 0 Å². The van der Waals surface area contributed by atoms with Crippen LogP contribution >= 0.6 is 0 Å². The Morgan fingerprint density at radius 1 is 1.14 bits per heavy atom. The topological polar surface area (TPSA) is 98.1 Å². The highest BCUT2D eigenvalue weighted by atomic mass is 16.5.